The number of nitrogens with zero attached hydrogens (tertiary/aromatic N) is 6. The molecule has 7 rings (SSSR count). The van der Waals surface area contributed by atoms with E-state index in [1.807, 2.05) is 66.9 Å². The molecular formula is C43H43F3N6O5. The highest BCUT2D eigenvalue weighted by atomic mass is 19.4. The highest BCUT2D eigenvalue weighted by molar-refractivity contribution is 5.94. The first kappa shape index (κ1) is 39.3. The van der Waals surface area contributed by atoms with Crippen molar-refractivity contribution in [3.63, 3.8) is 0 Å². The lowest BCUT2D eigenvalue weighted by Crippen LogP contribution is -2.43. The quantitative estimate of drug-likeness (QED) is 0.120. The molecule has 1 atom stereocenters. The van der Waals surface area contributed by atoms with Gasteiger partial charge in [-0.15, -0.1) is 0 Å². The van der Waals surface area contributed by atoms with E-state index in [9.17, 15) is 27.9 Å². The normalized spacial score (nSPS) is 14.1. The Kier molecular flexibility index (Phi) is 12.0. The van der Waals surface area contributed by atoms with Crippen LogP contribution in [0, 0.1) is 0 Å². The fraction of sp³-hybridized carbons (Fsp3) is 0.302. The Bertz CT molecular complexity index is 2260. The summed E-state index contributed by atoms with van der Waals surface area (Å²) in [5, 5.41) is 10.4. The van der Waals surface area contributed by atoms with Crippen molar-refractivity contribution >= 4 is 17.6 Å². The van der Waals surface area contributed by atoms with Crippen LogP contribution >= 0.6 is 0 Å². The summed E-state index contributed by atoms with van der Waals surface area (Å²) in [4.78, 5) is 41.2. The van der Waals surface area contributed by atoms with Gasteiger partial charge in [0.2, 0.25) is 0 Å². The summed E-state index contributed by atoms with van der Waals surface area (Å²) in [6, 6.07) is 27.5. The summed E-state index contributed by atoms with van der Waals surface area (Å²) in [5.41, 5.74) is 5.19. The molecule has 0 saturated carbocycles. The zero-order chi connectivity index (χ0) is 39.9. The summed E-state index contributed by atoms with van der Waals surface area (Å²) in [5.74, 6) is 0.219. The van der Waals surface area contributed by atoms with Gasteiger partial charge >= 0.3 is 12.3 Å². The maximum Gasteiger partial charge on any atom is 0.416 e. The number of alkyl halides is 3. The lowest BCUT2D eigenvalue weighted by Gasteiger charge is -2.36. The number of morpholine rings is 1. The molecule has 2 amide bonds. The number of carboxylic acid groups (broad SMARTS) is 1. The highest BCUT2D eigenvalue weighted by Crippen LogP contribution is 2.34. The number of likely N-dealkylation sites (N-methyl/N-ethyl adjacent to an activating group) is 1. The Morgan fingerprint density at radius 3 is 2.19 bits per heavy atom. The third-order valence-electron chi connectivity index (χ3n) is 10.3. The van der Waals surface area contributed by atoms with Crippen molar-refractivity contribution in [2.45, 2.75) is 31.5 Å². The SMILES string of the molecule is CN(CCN(CCC(c1c(Cc2ccco2)nc2c(Cc3ccccc3)nc(-c3ccccc3)cn12)N1CCOCC1)C(=O)O)C(=O)c1ccc(C(F)(F)F)cc1. The first-order chi connectivity index (χ1) is 27.5. The second-order valence-electron chi connectivity index (χ2n) is 14.0. The predicted molar refractivity (Wildman–Crippen MR) is 207 cm³/mol. The van der Waals surface area contributed by atoms with E-state index in [2.05, 4.69) is 21.4 Å². The minimum atomic E-state index is -4.52. The van der Waals surface area contributed by atoms with Crippen molar-refractivity contribution in [1.29, 1.82) is 0 Å². The summed E-state index contributed by atoms with van der Waals surface area (Å²) in [6.07, 6.45) is -0.713. The number of imidazole rings is 1. The van der Waals surface area contributed by atoms with Gasteiger partial charge in [0.05, 0.1) is 60.3 Å². The number of halogens is 3. The van der Waals surface area contributed by atoms with E-state index in [0.717, 1.165) is 63.9 Å². The van der Waals surface area contributed by atoms with Crippen LogP contribution in [-0.2, 0) is 23.8 Å². The van der Waals surface area contributed by atoms with E-state index in [0.29, 0.717) is 51.2 Å². The molecule has 1 N–H and O–H groups in total. The lowest BCUT2D eigenvalue weighted by molar-refractivity contribution is -0.137. The Balaban J connectivity index is 1.23. The minimum absolute atomic E-state index is 0.0102. The van der Waals surface area contributed by atoms with Crippen molar-refractivity contribution in [3.8, 4) is 11.3 Å². The number of fused-ring (bicyclic) bond motifs is 1. The standard InChI is InChI=1S/C43H43F3N6O5/c1-49(41(53)32-14-16-33(17-15-32)43(44,45)46)20-21-51(42(54)55)19-18-38(50-22-25-56-26-23-50)39-35(28-34-13-8-24-57-34)48-40-36(27-30-9-4-2-5-10-30)47-37(29-52(39)40)31-11-6-3-7-12-31/h2-17,24,29,38H,18-23,25-28H2,1H3,(H,54,55). The van der Waals surface area contributed by atoms with E-state index < -0.39 is 23.7 Å². The largest absolute Gasteiger partial charge is 0.469 e. The van der Waals surface area contributed by atoms with E-state index >= 15 is 0 Å². The maximum absolute atomic E-state index is 13.1. The molecule has 4 heterocycles. The number of benzene rings is 3. The van der Waals surface area contributed by atoms with Crippen LogP contribution in [0.5, 0.6) is 0 Å². The van der Waals surface area contributed by atoms with E-state index in [-0.39, 0.29) is 31.2 Å². The Morgan fingerprint density at radius 1 is 0.842 bits per heavy atom. The number of carbonyl (C=O) groups excluding carboxylic acids is 1. The third kappa shape index (κ3) is 9.35. The second-order valence-corrected chi connectivity index (χ2v) is 14.0. The summed E-state index contributed by atoms with van der Waals surface area (Å²) in [7, 11) is 1.50. The molecule has 14 heteroatoms. The lowest BCUT2D eigenvalue weighted by atomic mass is 10.0. The zero-order valence-corrected chi connectivity index (χ0v) is 31.4. The van der Waals surface area contributed by atoms with Gasteiger partial charge in [-0.1, -0.05) is 60.7 Å². The Hall–Kier alpha value is -5.99. The summed E-state index contributed by atoms with van der Waals surface area (Å²) in [6.45, 7) is 2.39. The fourth-order valence-corrected chi connectivity index (χ4v) is 7.25. The van der Waals surface area contributed by atoms with Gasteiger partial charge in [-0.3, -0.25) is 14.1 Å². The van der Waals surface area contributed by atoms with Gasteiger partial charge in [-0.25, -0.2) is 14.8 Å². The van der Waals surface area contributed by atoms with E-state index in [1.165, 1.54) is 16.8 Å². The predicted octanol–water partition coefficient (Wildman–Crippen LogP) is 7.71. The molecular weight excluding hydrogens is 738 g/mol. The van der Waals surface area contributed by atoms with Crippen LogP contribution < -0.4 is 0 Å². The zero-order valence-electron chi connectivity index (χ0n) is 31.4. The van der Waals surface area contributed by atoms with Crippen LogP contribution in [0.3, 0.4) is 0 Å². The molecule has 6 aromatic rings. The number of hydrogen-bond acceptors (Lipinski definition) is 7. The van der Waals surface area contributed by atoms with Gasteiger partial charge in [0, 0.05) is 63.5 Å². The van der Waals surface area contributed by atoms with Gasteiger partial charge in [0.25, 0.3) is 5.91 Å². The average molecular weight is 781 g/mol. The number of furan rings is 1. The van der Waals surface area contributed by atoms with Crippen LogP contribution in [0.25, 0.3) is 16.9 Å². The van der Waals surface area contributed by atoms with Gasteiger partial charge in [-0.2, -0.15) is 13.2 Å². The van der Waals surface area contributed by atoms with Crippen LogP contribution in [0.15, 0.2) is 114 Å². The molecule has 1 saturated heterocycles. The number of rotatable bonds is 14. The molecule has 0 spiro atoms. The number of amides is 2. The van der Waals surface area contributed by atoms with Gasteiger partial charge in [0.15, 0.2) is 5.65 Å². The van der Waals surface area contributed by atoms with Crippen LogP contribution in [0.4, 0.5) is 18.0 Å². The highest BCUT2D eigenvalue weighted by Gasteiger charge is 2.32. The maximum atomic E-state index is 13.1. The van der Waals surface area contributed by atoms with Crippen molar-refractivity contribution < 1.29 is 37.0 Å². The minimum Gasteiger partial charge on any atom is -0.469 e. The monoisotopic (exact) mass is 780 g/mol. The van der Waals surface area contributed by atoms with Crippen molar-refractivity contribution in [2.75, 3.05) is 53.0 Å². The number of ether oxygens (including phenoxy) is 1. The molecule has 57 heavy (non-hydrogen) atoms. The first-order valence-electron chi connectivity index (χ1n) is 18.8. The molecule has 1 aliphatic rings. The molecule has 1 unspecified atom stereocenters. The van der Waals surface area contributed by atoms with Crippen LogP contribution in [0.1, 0.15) is 56.8 Å². The van der Waals surface area contributed by atoms with E-state index in [4.69, 9.17) is 19.1 Å². The van der Waals surface area contributed by atoms with Gasteiger partial charge in [-0.05, 0) is 48.4 Å². The molecule has 1 fully saturated rings. The smallest absolute Gasteiger partial charge is 0.416 e. The van der Waals surface area contributed by atoms with E-state index in [1.54, 1.807) is 6.26 Å². The first-order valence-corrected chi connectivity index (χ1v) is 18.8. The molecule has 1 aliphatic heterocycles. The molecule has 0 aliphatic carbocycles. The molecule has 0 bridgehead atoms. The van der Waals surface area contributed by atoms with Crippen LogP contribution in [0.2, 0.25) is 0 Å². The van der Waals surface area contributed by atoms with Gasteiger partial charge in [0.1, 0.15) is 5.76 Å². The average Bonchev–Trinajstić information content (AvgIpc) is 3.87. The topological polar surface area (TPSA) is 117 Å². The second kappa shape index (κ2) is 17.4. The van der Waals surface area contributed by atoms with Gasteiger partial charge < -0.3 is 24.1 Å². The molecule has 3 aromatic carbocycles. The fourth-order valence-electron chi connectivity index (χ4n) is 7.25. The number of carbonyl (C=O) groups is 2. The van der Waals surface area contributed by atoms with Crippen LogP contribution in [-0.4, -0.2) is 99.2 Å². The Morgan fingerprint density at radius 2 is 1.54 bits per heavy atom. The number of hydrogen-bond donors (Lipinski definition) is 1. The molecule has 3 aromatic heterocycles. The summed E-state index contributed by atoms with van der Waals surface area (Å²) >= 11 is 0. The molecule has 0 radical (unpaired) electrons. The Labute approximate surface area is 327 Å². The summed E-state index contributed by atoms with van der Waals surface area (Å²) < 4.78 is 53.0. The van der Waals surface area contributed by atoms with Crippen molar-refractivity contribution in [3.05, 3.63) is 149 Å². The van der Waals surface area contributed by atoms with Crippen molar-refractivity contribution in [2.24, 2.45) is 0 Å². The third-order valence-corrected chi connectivity index (χ3v) is 10.3. The number of aromatic nitrogens is 3. The van der Waals surface area contributed by atoms with Crippen molar-refractivity contribution in [1.82, 2.24) is 29.1 Å². The molecule has 296 valence electrons. The molecule has 11 nitrogen and oxygen atoms in total.